The number of carbonyl (C=O) groups excluding carboxylic acids is 4. The normalized spacial score (nSPS) is 21.6. The lowest BCUT2D eigenvalue weighted by Gasteiger charge is -2.30. The molecule has 0 spiro atoms. The van der Waals surface area contributed by atoms with Gasteiger partial charge in [0, 0.05) is 49.4 Å². The Kier molecular flexibility index (Phi) is 19.3. The van der Waals surface area contributed by atoms with Gasteiger partial charge in [-0.15, -0.1) is 0 Å². The van der Waals surface area contributed by atoms with E-state index in [-0.39, 0.29) is 55.1 Å². The first-order valence-electron chi connectivity index (χ1n) is 18.1. The summed E-state index contributed by atoms with van der Waals surface area (Å²) in [5, 5.41) is 44.6. The summed E-state index contributed by atoms with van der Waals surface area (Å²) in [6.45, 7) is 1.42. The molecule has 3 rings (SSSR count). The van der Waals surface area contributed by atoms with Crippen molar-refractivity contribution in [3.63, 3.8) is 0 Å². The van der Waals surface area contributed by atoms with Gasteiger partial charge in [-0.05, 0) is 0 Å². The number of carboxylic acid groups (broad SMARTS) is 1. The van der Waals surface area contributed by atoms with E-state index in [0.717, 1.165) is 29.0 Å². The summed E-state index contributed by atoms with van der Waals surface area (Å²) in [7, 11) is -16.5. The van der Waals surface area contributed by atoms with Crippen molar-refractivity contribution >= 4 is 80.9 Å². The predicted octanol–water partition coefficient (Wildman–Crippen LogP) is -1.51. The second-order valence-electron chi connectivity index (χ2n) is 14.2. The summed E-state index contributed by atoms with van der Waals surface area (Å²) >= 11 is 0.781. The number of Topliss-reactive ketones (excluding diaryl/α,β-unsaturated/α-hetero) is 1. The first kappa shape index (κ1) is 53.0. The highest BCUT2D eigenvalue weighted by Crippen LogP contribution is 2.61. The van der Waals surface area contributed by atoms with Crippen molar-refractivity contribution in [1.82, 2.24) is 30.2 Å². The van der Waals surface area contributed by atoms with Crippen LogP contribution in [0, 0.1) is 11.3 Å². The number of nitrogen functional groups attached to an aromatic ring is 1. The van der Waals surface area contributed by atoms with Gasteiger partial charge >= 0.3 is 29.4 Å². The molecular formula is C30H48N7O21P3S. The Morgan fingerprint density at radius 2 is 1.65 bits per heavy atom. The van der Waals surface area contributed by atoms with Crippen LogP contribution in [0.2, 0.25) is 0 Å². The van der Waals surface area contributed by atoms with Gasteiger partial charge in [-0.2, -0.15) is 4.31 Å². The number of aliphatic carboxylic acids is 1. The van der Waals surface area contributed by atoms with Gasteiger partial charge in [-0.3, -0.25) is 42.1 Å². The maximum absolute atomic E-state index is 12.7. The van der Waals surface area contributed by atoms with E-state index in [2.05, 4.69) is 34.4 Å². The molecule has 1 saturated heterocycles. The number of phosphoric ester groups is 3. The highest BCUT2D eigenvalue weighted by atomic mass is 32.2. The molecule has 3 heterocycles. The maximum atomic E-state index is 12.7. The van der Waals surface area contributed by atoms with Gasteiger partial charge in [-0.25, -0.2) is 28.6 Å². The quantitative estimate of drug-likeness (QED) is 0.0377. The number of nitrogens with two attached hydrogens (primary N) is 1. The molecular weight excluding hydrogens is 919 g/mol. The molecule has 0 radical (unpaired) electrons. The summed E-state index contributed by atoms with van der Waals surface area (Å²) in [4.78, 5) is 110. The molecule has 0 aliphatic carbocycles. The second-order valence-corrected chi connectivity index (χ2v) is 19.6. The van der Waals surface area contributed by atoms with Crippen LogP contribution >= 0.6 is 35.2 Å². The molecule has 28 nitrogen and oxygen atoms in total. The fourth-order valence-corrected chi connectivity index (χ4v) is 8.92. The number of ether oxygens (including phenoxy) is 1. The lowest BCUT2D eigenvalue weighted by Crippen LogP contribution is -2.46. The number of ketones is 1. The van der Waals surface area contributed by atoms with E-state index in [1.54, 1.807) is 0 Å². The Bertz CT molecular complexity index is 2070. The van der Waals surface area contributed by atoms with Crippen molar-refractivity contribution in [2.24, 2.45) is 11.3 Å². The van der Waals surface area contributed by atoms with Gasteiger partial charge in [0.25, 0.3) is 0 Å². The summed E-state index contributed by atoms with van der Waals surface area (Å²) in [5.41, 5.74) is 4.16. The van der Waals surface area contributed by atoms with E-state index in [1.165, 1.54) is 20.8 Å². The number of nitrogens with one attached hydrogen (secondary N) is 2. The molecule has 12 N–H and O–H groups in total. The Labute approximate surface area is 355 Å². The monoisotopic (exact) mass is 967 g/mol. The standard InChI is InChI=1S/C30H48N7O21P3S/c1-15(16(38)4-5-20(41)42)17(39)10-21(43)62-9-8-32-19(40)6-7-33-28(46)25(45)30(2,3)12-55-61(52,53)58-60(50,51)54-11-18-24(57-59(47,48)49)23(44)29(56-18)37-14-36-22-26(31)34-13-35-27(22)37/h13-15,17-18,23-25,29,39,44-45H,4-12H2,1-3H3,(H,32,40)(H,33,46)(H,41,42)(H,50,51)(H,52,53)(H2,31,34,35)(H2,47,48,49)/t15?,17?,18-,23-,24-,25+,29-/m1/s1. The highest BCUT2D eigenvalue weighted by molar-refractivity contribution is 8.13. The molecule has 2 aromatic heterocycles. The number of aliphatic hydroxyl groups is 3. The van der Waals surface area contributed by atoms with Crippen LogP contribution in [0.3, 0.4) is 0 Å². The van der Waals surface area contributed by atoms with Crippen molar-refractivity contribution in [3.05, 3.63) is 12.7 Å². The number of rotatable bonds is 26. The number of aliphatic hydroxyl groups excluding tert-OH is 3. The number of aromatic nitrogens is 4. The van der Waals surface area contributed by atoms with E-state index in [1.807, 2.05) is 0 Å². The predicted molar refractivity (Wildman–Crippen MR) is 209 cm³/mol. The summed E-state index contributed by atoms with van der Waals surface area (Å²) in [6, 6.07) is 0. The zero-order valence-corrected chi connectivity index (χ0v) is 36.6. The largest absolute Gasteiger partial charge is 0.481 e. The summed E-state index contributed by atoms with van der Waals surface area (Å²) in [6.07, 6.45) is -9.61. The van der Waals surface area contributed by atoms with Crippen molar-refractivity contribution in [2.45, 2.75) is 83.2 Å². The van der Waals surface area contributed by atoms with E-state index < -0.39 is 120 Å². The molecule has 2 amide bonds. The smallest absolute Gasteiger partial charge is 0.481 e. The first-order chi connectivity index (χ1) is 28.6. The highest BCUT2D eigenvalue weighted by Gasteiger charge is 2.50. The lowest BCUT2D eigenvalue weighted by atomic mass is 9.87. The van der Waals surface area contributed by atoms with Gasteiger partial charge in [0.1, 0.15) is 42.0 Å². The van der Waals surface area contributed by atoms with Crippen LogP contribution in [-0.4, -0.2) is 151 Å². The zero-order valence-electron chi connectivity index (χ0n) is 33.1. The van der Waals surface area contributed by atoms with Crippen LogP contribution < -0.4 is 16.4 Å². The van der Waals surface area contributed by atoms with Gasteiger partial charge < -0.3 is 61.1 Å². The third-order valence-corrected chi connectivity index (χ3v) is 12.8. The summed E-state index contributed by atoms with van der Waals surface area (Å²) < 4.78 is 62.1. The molecule has 0 bridgehead atoms. The lowest BCUT2D eigenvalue weighted by molar-refractivity contribution is -0.139. The third kappa shape index (κ3) is 16.3. The molecule has 0 aromatic carbocycles. The van der Waals surface area contributed by atoms with Crippen LogP contribution in [0.1, 0.15) is 52.7 Å². The molecule has 350 valence electrons. The molecule has 32 heteroatoms. The fourth-order valence-electron chi connectivity index (χ4n) is 5.37. The van der Waals surface area contributed by atoms with Gasteiger partial charge in [0.05, 0.1) is 32.1 Å². The van der Waals surface area contributed by atoms with Crippen molar-refractivity contribution in [1.29, 1.82) is 0 Å². The number of anilines is 1. The molecule has 1 aliphatic rings. The fraction of sp³-hybridized carbons (Fsp3) is 0.667. The number of nitrogens with zero attached hydrogens (tertiary/aromatic N) is 4. The molecule has 9 atom stereocenters. The van der Waals surface area contributed by atoms with Crippen LogP contribution in [0.25, 0.3) is 11.2 Å². The Morgan fingerprint density at radius 3 is 2.29 bits per heavy atom. The SMILES string of the molecule is CC(C(=O)CCC(=O)O)C(O)CC(=O)SCCNC(=O)CCNC(=O)[C@H](O)C(C)(C)COP(=O)(O)OP(=O)(O)OC[C@H]1O[C@@H](n2cnc3c(N)ncnc32)[C@H](O)[C@@H]1OP(=O)(O)O. The van der Waals surface area contributed by atoms with E-state index in [0.29, 0.717) is 0 Å². The van der Waals surface area contributed by atoms with Gasteiger partial charge in [-0.1, -0.05) is 32.5 Å². The molecule has 1 fully saturated rings. The number of hydrogen-bond acceptors (Lipinski definition) is 21. The Hall–Kier alpha value is -3.34. The number of hydrogen-bond donors (Lipinski definition) is 11. The van der Waals surface area contributed by atoms with Crippen molar-refractivity contribution in [2.75, 3.05) is 37.8 Å². The topological polar surface area (TPSA) is 438 Å². The molecule has 4 unspecified atom stereocenters. The second kappa shape index (κ2) is 22.5. The minimum absolute atomic E-state index is 0.00825. The molecule has 1 aliphatic heterocycles. The number of amides is 2. The van der Waals surface area contributed by atoms with E-state index in [9.17, 15) is 72.6 Å². The van der Waals surface area contributed by atoms with Crippen LogP contribution in [0.5, 0.6) is 0 Å². The number of imidazole rings is 1. The minimum Gasteiger partial charge on any atom is -0.481 e. The van der Waals surface area contributed by atoms with Gasteiger partial charge in [0.15, 0.2) is 22.8 Å². The Balaban J connectivity index is 1.43. The van der Waals surface area contributed by atoms with E-state index >= 15 is 0 Å². The average Bonchev–Trinajstić information content (AvgIpc) is 3.73. The Morgan fingerprint density at radius 1 is 0.984 bits per heavy atom. The van der Waals surface area contributed by atoms with Gasteiger partial charge in [0.2, 0.25) is 11.8 Å². The number of fused-ring (bicyclic) bond motifs is 1. The third-order valence-electron chi connectivity index (χ3n) is 8.81. The van der Waals surface area contributed by atoms with Crippen LogP contribution in [0.15, 0.2) is 12.7 Å². The minimum atomic E-state index is -5.61. The van der Waals surface area contributed by atoms with Crippen molar-refractivity contribution in [3.8, 4) is 0 Å². The number of thioether (sulfide) groups is 1. The molecule has 0 saturated carbocycles. The van der Waals surface area contributed by atoms with Crippen molar-refractivity contribution < 1.29 is 100 Å². The first-order valence-corrected chi connectivity index (χ1v) is 23.6. The number of carbonyl (C=O) groups is 5. The maximum Gasteiger partial charge on any atom is 0.481 e. The van der Waals surface area contributed by atoms with Crippen LogP contribution in [0.4, 0.5) is 5.82 Å². The molecule has 62 heavy (non-hydrogen) atoms. The average molecular weight is 968 g/mol. The number of phosphoric acid groups is 3. The number of carboxylic acids is 1. The van der Waals surface area contributed by atoms with E-state index in [4.69, 9.17) is 24.6 Å². The molecule has 2 aromatic rings. The summed E-state index contributed by atoms with van der Waals surface area (Å²) in [5.74, 6) is -4.19. The van der Waals surface area contributed by atoms with Crippen LogP contribution in [-0.2, 0) is 60.3 Å². The zero-order chi connectivity index (χ0) is 46.8.